The number of carboxylic acid groups (broad SMARTS) is 2. The fourth-order valence-corrected chi connectivity index (χ4v) is 1.57. The lowest BCUT2D eigenvalue weighted by molar-refractivity contribution is -0.873. The number of nitrogens with zero attached hydrogens (tertiary/aromatic N) is 1. The first-order chi connectivity index (χ1) is 9.38. The second-order valence-corrected chi connectivity index (χ2v) is 5.84. The summed E-state index contributed by atoms with van der Waals surface area (Å²) in [5.41, 5.74) is 0. The van der Waals surface area contributed by atoms with Crippen LogP contribution in [0, 0.1) is 0 Å². The molecule has 0 saturated heterocycles. The van der Waals surface area contributed by atoms with Crippen molar-refractivity contribution >= 4 is 30.5 Å². The van der Waals surface area contributed by atoms with Gasteiger partial charge in [-0.15, -0.1) is 0 Å². The highest BCUT2D eigenvalue weighted by Gasteiger charge is 2.15. The SMILES string of the molecule is CC(=O)NC(CS)C(=O)O.C[N+](C)(C)CC(O)CC(=O)[O-]. The van der Waals surface area contributed by atoms with Crippen LogP contribution in [0.15, 0.2) is 0 Å². The van der Waals surface area contributed by atoms with Crippen LogP contribution in [0.3, 0.4) is 0 Å². The molecule has 0 bridgehead atoms. The van der Waals surface area contributed by atoms with E-state index in [9.17, 15) is 19.5 Å². The largest absolute Gasteiger partial charge is 0.550 e. The Morgan fingerprint density at radius 1 is 1.29 bits per heavy atom. The van der Waals surface area contributed by atoms with Crippen molar-refractivity contribution in [2.45, 2.75) is 25.5 Å². The van der Waals surface area contributed by atoms with Gasteiger partial charge in [-0.05, 0) is 0 Å². The number of carbonyl (C=O) groups is 3. The van der Waals surface area contributed by atoms with Crippen molar-refractivity contribution in [2.75, 3.05) is 33.4 Å². The normalized spacial score (nSPS) is 13.4. The smallest absolute Gasteiger partial charge is 0.327 e. The third kappa shape index (κ3) is 16.6. The van der Waals surface area contributed by atoms with Crippen LogP contribution in [-0.4, -0.2) is 78.1 Å². The van der Waals surface area contributed by atoms with Gasteiger partial charge in [0.2, 0.25) is 5.91 Å². The lowest BCUT2D eigenvalue weighted by Crippen LogP contribution is -2.43. The van der Waals surface area contributed by atoms with Gasteiger partial charge in [-0.2, -0.15) is 12.6 Å². The van der Waals surface area contributed by atoms with Gasteiger partial charge in [0.25, 0.3) is 0 Å². The number of amides is 1. The predicted octanol–water partition coefficient (Wildman–Crippen LogP) is -2.30. The summed E-state index contributed by atoms with van der Waals surface area (Å²) in [6, 6.07) is -0.874. The Labute approximate surface area is 129 Å². The Morgan fingerprint density at radius 3 is 1.95 bits per heavy atom. The number of hydrogen-bond donors (Lipinski definition) is 4. The first-order valence-electron chi connectivity index (χ1n) is 6.18. The van der Waals surface area contributed by atoms with Crippen LogP contribution in [0.25, 0.3) is 0 Å². The molecule has 124 valence electrons. The standard InChI is InChI=1S/C7H15NO3.C5H9NO3S/c1-8(2,3)5-6(9)4-7(10)11;1-3(7)6-4(2-10)5(8)9/h6,9H,4-5H2,1-3H3;4,10H,2H2,1H3,(H,6,7)(H,8,9). The average Bonchev–Trinajstić information content (AvgIpc) is 2.21. The van der Waals surface area contributed by atoms with Crippen LogP contribution >= 0.6 is 12.6 Å². The quantitative estimate of drug-likeness (QED) is 0.308. The van der Waals surface area contributed by atoms with E-state index >= 15 is 0 Å². The zero-order valence-electron chi connectivity index (χ0n) is 12.7. The fraction of sp³-hybridized carbons (Fsp3) is 0.750. The molecule has 0 fully saturated rings. The van der Waals surface area contributed by atoms with Gasteiger partial charge >= 0.3 is 5.97 Å². The van der Waals surface area contributed by atoms with Crippen molar-refractivity contribution in [3.8, 4) is 0 Å². The summed E-state index contributed by atoms with van der Waals surface area (Å²) in [4.78, 5) is 30.5. The molecule has 0 aliphatic rings. The number of hydrogen-bond acceptors (Lipinski definition) is 6. The minimum Gasteiger partial charge on any atom is -0.550 e. The number of aliphatic hydroxyl groups excluding tert-OH is 1. The molecule has 0 rings (SSSR count). The summed E-state index contributed by atoms with van der Waals surface area (Å²) < 4.78 is 0.550. The molecule has 0 aliphatic carbocycles. The maximum Gasteiger partial charge on any atom is 0.327 e. The van der Waals surface area contributed by atoms with Crippen LogP contribution in [-0.2, 0) is 14.4 Å². The van der Waals surface area contributed by atoms with Gasteiger partial charge in [0.1, 0.15) is 18.7 Å². The molecule has 9 heteroatoms. The van der Waals surface area contributed by atoms with E-state index in [1.807, 2.05) is 21.1 Å². The minimum absolute atomic E-state index is 0.106. The molecule has 0 radical (unpaired) electrons. The third-order valence-corrected chi connectivity index (χ3v) is 2.38. The number of nitrogens with one attached hydrogen (secondary N) is 1. The van der Waals surface area contributed by atoms with Crippen LogP contribution in [0.2, 0.25) is 0 Å². The Balaban J connectivity index is 0. The zero-order chi connectivity index (χ0) is 17.2. The molecule has 0 spiro atoms. The molecular weight excluding hydrogens is 300 g/mol. The lowest BCUT2D eigenvalue weighted by Gasteiger charge is -2.26. The maximum atomic E-state index is 10.3. The first kappa shape index (κ1) is 22.0. The monoisotopic (exact) mass is 324 g/mol. The number of likely N-dealkylation sites (N-methyl/N-ethyl adjacent to an activating group) is 1. The molecule has 2 atom stereocenters. The summed E-state index contributed by atoms with van der Waals surface area (Å²) >= 11 is 3.73. The molecular formula is C12H24N2O6S. The molecule has 0 aromatic carbocycles. The van der Waals surface area contributed by atoms with Crippen molar-refractivity contribution in [3.05, 3.63) is 0 Å². The van der Waals surface area contributed by atoms with Crippen LogP contribution in [0.1, 0.15) is 13.3 Å². The number of aliphatic hydroxyl groups is 1. The third-order valence-electron chi connectivity index (χ3n) is 2.02. The van der Waals surface area contributed by atoms with Crippen molar-refractivity contribution in [3.63, 3.8) is 0 Å². The number of rotatable bonds is 7. The van der Waals surface area contributed by atoms with Crippen LogP contribution in [0.5, 0.6) is 0 Å². The summed E-state index contributed by atoms with van der Waals surface area (Å²) in [5, 5.41) is 29.7. The molecule has 2 unspecified atom stereocenters. The number of aliphatic carboxylic acids is 2. The van der Waals surface area contributed by atoms with Crippen LogP contribution in [0.4, 0.5) is 0 Å². The highest BCUT2D eigenvalue weighted by molar-refractivity contribution is 7.80. The molecule has 0 aromatic rings. The first-order valence-corrected chi connectivity index (χ1v) is 6.81. The van der Waals surface area contributed by atoms with E-state index in [2.05, 4.69) is 17.9 Å². The molecule has 0 heterocycles. The van der Waals surface area contributed by atoms with E-state index in [-0.39, 0.29) is 18.1 Å². The Morgan fingerprint density at radius 2 is 1.76 bits per heavy atom. The van der Waals surface area contributed by atoms with Crippen molar-refractivity contribution in [1.82, 2.24) is 5.32 Å². The van der Waals surface area contributed by atoms with Gasteiger partial charge < -0.3 is 29.9 Å². The van der Waals surface area contributed by atoms with E-state index in [1.165, 1.54) is 6.92 Å². The topological polar surface area (TPSA) is 127 Å². The Kier molecular flexibility index (Phi) is 10.9. The summed E-state index contributed by atoms with van der Waals surface area (Å²) in [6.45, 7) is 1.69. The maximum absolute atomic E-state index is 10.3. The molecule has 0 aliphatic heterocycles. The van der Waals surface area contributed by atoms with Gasteiger partial charge in [-0.1, -0.05) is 0 Å². The molecule has 1 amide bonds. The lowest BCUT2D eigenvalue weighted by atomic mass is 10.2. The van der Waals surface area contributed by atoms with Crippen molar-refractivity contribution in [2.24, 2.45) is 0 Å². The van der Waals surface area contributed by atoms with E-state index in [0.29, 0.717) is 11.0 Å². The van der Waals surface area contributed by atoms with Crippen molar-refractivity contribution < 1.29 is 34.2 Å². The highest BCUT2D eigenvalue weighted by Crippen LogP contribution is 1.97. The van der Waals surface area contributed by atoms with Gasteiger partial charge in [-0.25, -0.2) is 4.79 Å². The number of carboxylic acids is 2. The number of thiol groups is 1. The molecule has 8 nitrogen and oxygen atoms in total. The Hall–Kier alpha value is -1.32. The van der Waals surface area contributed by atoms with Gasteiger partial charge in [0.05, 0.1) is 21.1 Å². The van der Waals surface area contributed by atoms with Crippen LogP contribution < -0.4 is 10.4 Å². The molecule has 0 aromatic heterocycles. The zero-order valence-corrected chi connectivity index (χ0v) is 13.6. The second kappa shape index (κ2) is 10.4. The molecule has 21 heavy (non-hydrogen) atoms. The Bertz CT molecular complexity index is 356. The second-order valence-electron chi connectivity index (χ2n) is 5.48. The van der Waals surface area contributed by atoms with E-state index < -0.39 is 24.1 Å². The number of carbonyl (C=O) groups excluding carboxylic acids is 2. The number of quaternary nitrogens is 1. The highest BCUT2D eigenvalue weighted by atomic mass is 32.1. The van der Waals surface area contributed by atoms with Gasteiger partial charge in [-0.3, -0.25) is 4.79 Å². The summed E-state index contributed by atoms with van der Waals surface area (Å²) in [7, 11) is 5.66. The van der Waals surface area contributed by atoms with E-state index in [1.54, 1.807) is 0 Å². The summed E-state index contributed by atoms with van der Waals surface area (Å²) in [5.74, 6) is -2.52. The molecule has 3 N–H and O–H groups in total. The predicted molar refractivity (Wildman–Crippen MR) is 77.6 cm³/mol. The minimum atomic E-state index is -1.20. The fourth-order valence-electron chi connectivity index (χ4n) is 1.32. The average molecular weight is 324 g/mol. The van der Waals surface area contributed by atoms with E-state index in [4.69, 9.17) is 10.2 Å². The summed E-state index contributed by atoms with van der Waals surface area (Å²) in [6.07, 6.45) is -1.09. The molecule has 0 saturated carbocycles. The van der Waals surface area contributed by atoms with Gasteiger partial charge in [0.15, 0.2) is 0 Å². The van der Waals surface area contributed by atoms with Crippen molar-refractivity contribution in [1.29, 1.82) is 0 Å². The van der Waals surface area contributed by atoms with Gasteiger partial charge in [0, 0.05) is 25.1 Å². The van der Waals surface area contributed by atoms with E-state index in [0.717, 1.165) is 0 Å².